The lowest BCUT2D eigenvalue weighted by Crippen LogP contribution is -2.03. The Morgan fingerprint density at radius 3 is 2.42 bits per heavy atom. The van der Waals surface area contributed by atoms with Crippen molar-refractivity contribution >= 4 is 23.1 Å². The van der Waals surface area contributed by atoms with Crippen LogP contribution in [0.2, 0.25) is 5.02 Å². The summed E-state index contributed by atoms with van der Waals surface area (Å²) in [7, 11) is 1.58. The van der Waals surface area contributed by atoms with Gasteiger partial charge in [-0.15, -0.1) is 0 Å². The van der Waals surface area contributed by atoms with E-state index < -0.39 is 0 Å². The number of hydrogen-bond donors (Lipinski definition) is 1. The molecule has 0 amide bonds. The molecule has 0 unspecified atom stereocenters. The Labute approximate surface area is 117 Å². The predicted octanol–water partition coefficient (Wildman–Crippen LogP) is 3.47. The molecule has 0 bridgehead atoms. The maximum Gasteiger partial charge on any atom is 0.193 e. The number of anilines is 1. The second-order valence-electron chi connectivity index (χ2n) is 4.25. The van der Waals surface area contributed by atoms with E-state index in [1.54, 1.807) is 37.4 Å². The summed E-state index contributed by atoms with van der Waals surface area (Å²) in [6.45, 7) is 1.92. The molecule has 0 fully saturated rings. The Morgan fingerprint density at radius 2 is 1.79 bits per heavy atom. The van der Waals surface area contributed by atoms with Crippen molar-refractivity contribution in [2.24, 2.45) is 0 Å². The van der Waals surface area contributed by atoms with E-state index in [-0.39, 0.29) is 5.78 Å². The third kappa shape index (κ3) is 2.71. The second-order valence-corrected chi connectivity index (χ2v) is 4.66. The highest BCUT2D eigenvalue weighted by Gasteiger charge is 2.12. The molecule has 0 aliphatic rings. The fraction of sp³-hybridized carbons (Fsp3) is 0.133. The minimum atomic E-state index is -0.111. The van der Waals surface area contributed by atoms with Gasteiger partial charge in [-0.3, -0.25) is 4.79 Å². The third-order valence-electron chi connectivity index (χ3n) is 2.93. The van der Waals surface area contributed by atoms with Gasteiger partial charge in [-0.2, -0.15) is 0 Å². The SMILES string of the molecule is COc1cc(C(=O)c2ccc(N)c(Cl)c2)ccc1C. The van der Waals surface area contributed by atoms with Crippen molar-refractivity contribution < 1.29 is 9.53 Å². The van der Waals surface area contributed by atoms with Crippen molar-refractivity contribution in [1.29, 1.82) is 0 Å². The molecule has 2 aromatic carbocycles. The number of aryl methyl sites for hydroxylation is 1. The number of rotatable bonds is 3. The van der Waals surface area contributed by atoms with Crippen LogP contribution in [-0.2, 0) is 0 Å². The van der Waals surface area contributed by atoms with Gasteiger partial charge in [-0.1, -0.05) is 23.7 Å². The Kier molecular flexibility index (Phi) is 3.76. The molecule has 0 aliphatic heterocycles. The van der Waals surface area contributed by atoms with E-state index in [9.17, 15) is 4.79 Å². The Balaban J connectivity index is 2.41. The standard InChI is InChI=1S/C15H14ClNO2/c1-9-3-4-11(8-14(9)19-2)15(18)10-5-6-13(17)12(16)7-10/h3-8H,17H2,1-2H3. The van der Waals surface area contributed by atoms with Crippen molar-refractivity contribution in [3.05, 3.63) is 58.1 Å². The smallest absolute Gasteiger partial charge is 0.193 e. The van der Waals surface area contributed by atoms with E-state index in [0.717, 1.165) is 5.56 Å². The maximum absolute atomic E-state index is 12.3. The predicted molar refractivity (Wildman–Crippen MR) is 77.0 cm³/mol. The van der Waals surface area contributed by atoms with Gasteiger partial charge in [0.1, 0.15) is 5.75 Å². The lowest BCUT2D eigenvalue weighted by molar-refractivity contribution is 0.103. The summed E-state index contributed by atoms with van der Waals surface area (Å²) in [6.07, 6.45) is 0. The van der Waals surface area contributed by atoms with E-state index >= 15 is 0 Å². The van der Waals surface area contributed by atoms with Gasteiger partial charge in [0.25, 0.3) is 0 Å². The molecular formula is C15H14ClNO2. The van der Waals surface area contributed by atoms with Crippen LogP contribution in [0, 0.1) is 6.92 Å². The summed E-state index contributed by atoms with van der Waals surface area (Å²) in [5, 5.41) is 0.380. The highest BCUT2D eigenvalue weighted by atomic mass is 35.5. The van der Waals surface area contributed by atoms with Gasteiger partial charge in [-0.25, -0.2) is 0 Å². The van der Waals surface area contributed by atoms with Gasteiger partial charge < -0.3 is 10.5 Å². The molecule has 0 radical (unpaired) electrons. The molecule has 0 saturated heterocycles. The van der Waals surface area contributed by atoms with E-state index in [1.807, 2.05) is 13.0 Å². The topological polar surface area (TPSA) is 52.3 Å². The lowest BCUT2D eigenvalue weighted by Gasteiger charge is -2.08. The fourth-order valence-corrected chi connectivity index (χ4v) is 1.98. The van der Waals surface area contributed by atoms with Gasteiger partial charge in [0, 0.05) is 11.1 Å². The van der Waals surface area contributed by atoms with Crippen molar-refractivity contribution in [2.45, 2.75) is 6.92 Å². The van der Waals surface area contributed by atoms with Gasteiger partial charge in [0.05, 0.1) is 17.8 Å². The first-order valence-corrected chi connectivity index (χ1v) is 6.15. The van der Waals surface area contributed by atoms with Crippen molar-refractivity contribution in [2.75, 3.05) is 12.8 Å². The number of nitrogen functional groups attached to an aromatic ring is 1. The normalized spacial score (nSPS) is 10.3. The minimum Gasteiger partial charge on any atom is -0.496 e. The van der Waals surface area contributed by atoms with Crippen LogP contribution < -0.4 is 10.5 Å². The zero-order valence-electron chi connectivity index (χ0n) is 10.7. The first-order valence-electron chi connectivity index (χ1n) is 5.77. The van der Waals surface area contributed by atoms with E-state index in [4.69, 9.17) is 22.1 Å². The number of carbonyl (C=O) groups is 1. The number of carbonyl (C=O) groups excluding carboxylic acids is 1. The Bertz CT molecular complexity index is 638. The molecule has 2 rings (SSSR count). The van der Waals surface area contributed by atoms with E-state index in [2.05, 4.69) is 0 Å². The molecule has 0 heterocycles. The van der Waals surface area contributed by atoms with E-state index in [0.29, 0.717) is 27.6 Å². The number of halogens is 1. The molecule has 2 aromatic rings. The van der Waals surface area contributed by atoms with Crippen LogP contribution in [0.1, 0.15) is 21.5 Å². The monoisotopic (exact) mass is 275 g/mol. The van der Waals surface area contributed by atoms with Crippen LogP contribution in [0.4, 0.5) is 5.69 Å². The summed E-state index contributed by atoms with van der Waals surface area (Å²) in [5.74, 6) is 0.576. The molecular weight excluding hydrogens is 262 g/mol. The molecule has 0 aromatic heterocycles. The molecule has 4 heteroatoms. The van der Waals surface area contributed by atoms with Crippen LogP contribution in [0.15, 0.2) is 36.4 Å². The number of benzene rings is 2. The highest BCUT2D eigenvalue weighted by molar-refractivity contribution is 6.33. The van der Waals surface area contributed by atoms with Crippen LogP contribution in [0.25, 0.3) is 0 Å². The average Bonchev–Trinajstić information content (AvgIpc) is 2.41. The highest BCUT2D eigenvalue weighted by Crippen LogP contribution is 2.24. The largest absolute Gasteiger partial charge is 0.496 e. The van der Waals surface area contributed by atoms with E-state index in [1.165, 1.54) is 0 Å². The summed E-state index contributed by atoms with van der Waals surface area (Å²) >= 11 is 5.93. The number of hydrogen-bond acceptors (Lipinski definition) is 3. The number of nitrogens with two attached hydrogens (primary N) is 1. The molecule has 0 atom stereocenters. The van der Waals surface area contributed by atoms with Crippen molar-refractivity contribution in [3.63, 3.8) is 0 Å². The summed E-state index contributed by atoms with van der Waals surface area (Å²) in [6, 6.07) is 10.2. The first-order chi connectivity index (χ1) is 9.02. The summed E-state index contributed by atoms with van der Waals surface area (Å²) in [4.78, 5) is 12.3. The van der Waals surface area contributed by atoms with Crippen LogP contribution in [-0.4, -0.2) is 12.9 Å². The summed E-state index contributed by atoms with van der Waals surface area (Å²) in [5.41, 5.74) is 8.13. The van der Waals surface area contributed by atoms with Gasteiger partial charge in [0.2, 0.25) is 0 Å². The van der Waals surface area contributed by atoms with Gasteiger partial charge in [0.15, 0.2) is 5.78 Å². The number of ketones is 1. The molecule has 0 spiro atoms. The lowest BCUT2D eigenvalue weighted by atomic mass is 10.0. The number of ether oxygens (including phenoxy) is 1. The second kappa shape index (κ2) is 5.33. The zero-order chi connectivity index (χ0) is 14.0. The quantitative estimate of drug-likeness (QED) is 0.689. The summed E-state index contributed by atoms with van der Waals surface area (Å²) < 4.78 is 5.22. The van der Waals surface area contributed by atoms with Gasteiger partial charge >= 0.3 is 0 Å². The fourth-order valence-electron chi connectivity index (χ4n) is 1.80. The molecule has 19 heavy (non-hydrogen) atoms. The minimum absolute atomic E-state index is 0.111. The average molecular weight is 276 g/mol. The van der Waals surface area contributed by atoms with Gasteiger partial charge in [-0.05, 0) is 36.8 Å². The Hall–Kier alpha value is -2.00. The van der Waals surface area contributed by atoms with Crippen molar-refractivity contribution in [1.82, 2.24) is 0 Å². The zero-order valence-corrected chi connectivity index (χ0v) is 11.5. The van der Waals surface area contributed by atoms with Crippen molar-refractivity contribution in [3.8, 4) is 5.75 Å². The molecule has 98 valence electrons. The Morgan fingerprint density at radius 1 is 1.16 bits per heavy atom. The maximum atomic E-state index is 12.3. The number of methoxy groups -OCH3 is 1. The molecule has 0 aliphatic carbocycles. The molecule has 3 nitrogen and oxygen atoms in total. The first kappa shape index (κ1) is 13.4. The molecule has 0 saturated carbocycles. The van der Waals surface area contributed by atoms with Crippen LogP contribution in [0.3, 0.4) is 0 Å². The van der Waals surface area contributed by atoms with Crippen LogP contribution in [0.5, 0.6) is 5.75 Å². The third-order valence-corrected chi connectivity index (χ3v) is 3.26. The molecule has 2 N–H and O–H groups in total. The van der Waals surface area contributed by atoms with Crippen LogP contribution >= 0.6 is 11.6 Å².